The number of aromatic nitrogens is 2. The zero-order valence-corrected chi connectivity index (χ0v) is 8.02. The lowest BCUT2D eigenvalue weighted by molar-refractivity contribution is 0.567. The van der Waals surface area contributed by atoms with E-state index in [2.05, 4.69) is 37.0 Å². The third kappa shape index (κ3) is 1.38. The van der Waals surface area contributed by atoms with E-state index >= 15 is 0 Å². The van der Waals surface area contributed by atoms with Gasteiger partial charge in [-0.1, -0.05) is 20.8 Å². The summed E-state index contributed by atoms with van der Waals surface area (Å²) in [5.74, 6) is 0.761. The first kappa shape index (κ1) is 7.84. The van der Waals surface area contributed by atoms with Crippen molar-refractivity contribution >= 4 is 0 Å². The van der Waals surface area contributed by atoms with Crippen LogP contribution in [0.5, 0.6) is 0 Å². The molecular weight excluding hydrogens is 148 g/mol. The number of rotatable bonds is 1. The lowest BCUT2D eigenvalue weighted by atomic mass is 9.92. The topological polar surface area (TPSA) is 28.7 Å². The van der Waals surface area contributed by atoms with Crippen molar-refractivity contribution in [3.63, 3.8) is 0 Å². The summed E-state index contributed by atoms with van der Waals surface area (Å²) in [6, 6.07) is 2.22. The van der Waals surface area contributed by atoms with Crippen molar-refractivity contribution in [3.8, 4) is 0 Å². The second-order valence-electron chi connectivity index (χ2n) is 4.73. The van der Waals surface area contributed by atoms with Crippen LogP contribution < -0.4 is 0 Å². The van der Waals surface area contributed by atoms with E-state index in [1.165, 1.54) is 24.2 Å². The van der Waals surface area contributed by atoms with Crippen LogP contribution >= 0.6 is 0 Å². The van der Waals surface area contributed by atoms with Gasteiger partial charge in [0, 0.05) is 17.0 Å². The van der Waals surface area contributed by atoms with Gasteiger partial charge < -0.3 is 0 Å². The summed E-state index contributed by atoms with van der Waals surface area (Å²) in [6.07, 6.45) is 2.66. The van der Waals surface area contributed by atoms with Crippen LogP contribution in [-0.2, 0) is 5.41 Å². The van der Waals surface area contributed by atoms with Gasteiger partial charge in [-0.2, -0.15) is 5.10 Å². The monoisotopic (exact) mass is 164 g/mol. The molecule has 0 unspecified atom stereocenters. The molecule has 0 aromatic carbocycles. The second-order valence-corrected chi connectivity index (χ2v) is 4.73. The van der Waals surface area contributed by atoms with Crippen molar-refractivity contribution in [1.82, 2.24) is 10.2 Å². The number of nitrogens with one attached hydrogen (secondary N) is 1. The van der Waals surface area contributed by atoms with Crippen LogP contribution in [0.15, 0.2) is 6.07 Å². The highest BCUT2D eigenvalue weighted by Crippen LogP contribution is 2.39. The molecule has 1 fully saturated rings. The zero-order valence-electron chi connectivity index (χ0n) is 8.02. The first-order valence-corrected chi connectivity index (χ1v) is 4.63. The Kier molecular flexibility index (Phi) is 1.53. The number of nitrogens with zero attached hydrogens (tertiary/aromatic N) is 1. The molecule has 12 heavy (non-hydrogen) atoms. The van der Waals surface area contributed by atoms with Gasteiger partial charge in [-0.25, -0.2) is 0 Å². The quantitative estimate of drug-likeness (QED) is 0.679. The highest BCUT2D eigenvalue weighted by atomic mass is 15.1. The van der Waals surface area contributed by atoms with Crippen molar-refractivity contribution in [1.29, 1.82) is 0 Å². The van der Waals surface area contributed by atoms with E-state index in [0.29, 0.717) is 0 Å². The molecule has 2 heteroatoms. The summed E-state index contributed by atoms with van der Waals surface area (Å²) in [4.78, 5) is 0. The molecule has 0 saturated heterocycles. The Morgan fingerprint density at radius 1 is 1.42 bits per heavy atom. The maximum Gasteiger partial charge on any atom is 0.0656 e. The van der Waals surface area contributed by atoms with Crippen LogP contribution in [0.4, 0.5) is 0 Å². The number of hydrogen-bond donors (Lipinski definition) is 1. The summed E-state index contributed by atoms with van der Waals surface area (Å²) in [5, 5.41) is 7.44. The summed E-state index contributed by atoms with van der Waals surface area (Å²) < 4.78 is 0. The molecule has 1 N–H and O–H groups in total. The Hall–Kier alpha value is -0.790. The van der Waals surface area contributed by atoms with Crippen LogP contribution in [0.25, 0.3) is 0 Å². The summed E-state index contributed by atoms with van der Waals surface area (Å²) in [6.45, 7) is 6.62. The third-order valence-electron chi connectivity index (χ3n) is 2.40. The summed E-state index contributed by atoms with van der Waals surface area (Å²) in [5.41, 5.74) is 2.73. The molecule has 66 valence electrons. The molecule has 2 rings (SSSR count). The maximum absolute atomic E-state index is 4.32. The van der Waals surface area contributed by atoms with Crippen molar-refractivity contribution in [3.05, 3.63) is 17.5 Å². The van der Waals surface area contributed by atoms with E-state index in [4.69, 9.17) is 0 Å². The minimum Gasteiger partial charge on any atom is -0.282 e. The van der Waals surface area contributed by atoms with Gasteiger partial charge >= 0.3 is 0 Å². The van der Waals surface area contributed by atoms with Crippen LogP contribution in [0.2, 0.25) is 0 Å². The van der Waals surface area contributed by atoms with E-state index in [1.54, 1.807) is 0 Å². The highest BCUT2D eigenvalue weighted by Gasteiger charge is 2.27. The smallest absolute Gasteiger partial charge is 0.0656 e. The first-order chi connectivity index (χ1) is 5.57. The Bertz CT molecular complexity index is 276. The molecule has 0 aliphatic heterocycles. The van der Waals surface area contributed by atoms with Crippen LogP contribution in [-0.4, -0.2) is 10.2 Å². The van der Waals surface area contributed by atoms with Crippen molar-refractivity contribution < 1.29 is 0 Å². The van der Waals surface area contributed by atoms with Crippen molar-refractivity contribution in [2.24, 2.45) is 0 Å². The van der Waals surface area contributed by atoms with E-state index in [9.17, 15) is 0 Å². The minimum absolute atomic E-state index is 0.208. The van der Waals surface area contributed by atoms with Crippen LogP contribution in [0.1, 0.15) is 50.9 Å². The fourth-order valence-corrected chi connectivity index (χ4v) is 1.31. The lowest BCUT2D eigenvalue weighted by Crippen LogP contribution is -2.11. The predicted molar refractivity (Wildman–Crippen MR) is 49.3 cm³/mol. The molecule has 0 atom stereocenters. The van der Waals surface area contributed by atoms with E-state index in [-0.39, 0.29) is 5.41 Å². The normalized spacial score (nSPS) is 18.2. The van der Waals surface area contributed by atoms with E-state index < -0.39 is 0 Å². The van der Waals surface area contributed by atoms with Gasteiger partial charge in [0.05, 0.1) is 5.69 Å². The van der Waals surface area contributed by atoms with Gasteiger partial charge in [0.15, 0.2) is 0 Å². The zero-order chi connectivity index (χ0) is 8.77. The fraction of sp³-hybridized carbons (Fsp3) is 0.700. The highest BCUT2D eigenvalue weighted by molar-refractivity contribution is 5.21. The largest absolute Gasteiger partial charge is 0.282 e. The molecule has 0 amide bonds. The lowest BCUT2D eigenvalue weighted by Gasteiger charge is -2.14. The van der Waals surface area contributed by atoms with Gasteiger partial charge in [0.2, 0.25) is 0 Å². The Balaban J connectivity index is 2.23. The van der Waals surface area contributed by atoms with Crippen LogP contribution in [0.3, 0.4) is 0 Å². The summed E-state index contributed by atoms with van der Waals surface area (Å²) in [7, 11) is 0. The molecule has 2 nitrogen and oxygen atoms in total. The molecule has 0 bridgehead atoms. The van der Waals surface area contributed by atoms with Crippen LogP contribution in [0, 0.1) is 0 Å². The minimum atomic E-state index is 0.208. The van der Waals surface area contributed by atoms with Gasteiger partial charge in [-0.05, 0) is 18.9 Å². The average molecular weight is 164 g/mol. The first-order valence-electron chi connectivity index (χ1n) is 4.63. The maximum atomic E-state index is 4.32. The molecular formula is C10H16N2. The molecule has 1 aromatic heterocycles. The molecule has 1 heterocycles. The Morgan fingerprint density at radius 2 is 2.08 bits per heavy atom. The Labute approximate surface area is 73.4 Å². The van der Waals surface area contributed by atoms with Gasteiger partial charge in [0.25, 0.3) is 0 Å². The molecule has 1 aliphatic carbocycles. The SMILES string of the molecule is CC(C)(C)c1cc(C2CC2)n[nH]1. The molecule has 1 aliphatic rings. The number of hydrogen-bond acceptors (Lipinski definition) is 1. The van der Waals surface area contributed by atoms with Crippen molar-refractivity contribution in [2.75, 3.05) is 0 Å². The third-order valence-corrected chi connectivity index (χ3v) is 2.40. The number of aromatic amines is 1. The van der Waals surface area contributed by atoms with Gasteiger partial charge in [-0.3, -0.25) is 5.10 Å². The standard InChI is InChI=1S/C10H16N2/c1-10(2,3)9-6-8(11-12-9)7-4-5-7/h6-7H,4-5H2,1-3H3,(H,11,12). The van der Waals surface area contributed by atoms with Gasteiger partial charge in [-0.15, -0.1) is 0 Å². The summed E-state index contributed by atoms with van der Waals surface area (Å²) >= 11 is 0. The Morgan fingerprint density at radius 3 is 2.50 bits per heavy atom. The van der Waals surface area contributed by atoms with Gasteiger partial charge in [0.1, 0.15) is 0 Å². The van der Waals surface area contributed by atoms with E-state index in [0.717, 1.165) is 5.92 Å². The van der Waals surface area contributed by atoms with Crippen molar-refractivity contribution in [2.45, 2.75) is 44.9 Å². The fourth-order valence-electron chi connectivity index (χ4n) is 1.31. The predicted octanol–water partition coefficient (Wildman–Crippen LogP) is 2.58. The second kappa shape index (κ2) is 2.35. The molecule has 1 saturated carbocycles. The molecule has 1 aromatic rings. The molecule has 0 spiro atoms. The average Bonchev–Trinajstić information content (AvgIpc) is 2.66. The molecule has 0 radical (unpaired) electrons. The number of H-pyrrole nitrogens is 1. The van der Waals surface area contributed by atoms with E-state index in [1.807, 2.05) is 0 Å².